The molecule has 1 fully saturated rings. The number of nitrogens with one attached hydrogen (secondary N) is 2. The number of carbonyl (C=O) groups is 2. The lowest BCUT2D eigenvalue weighted by molar-refractivity contribution is -0.140. The highest BCUT2D eigenvalue weighted by Crippen LogP contribution is 2.15. The van der Waals surface area contributed by atoms with E-state index in [-0.39, 0.29) is 6.61 Å². The Balaban J connectivity index is 2.32. The molecule has 0 aromatic rings. The number of urea groups is 1. The zero-order valence-corrected chi connectivity index (χ0v) is 11.5. The second-order valence-corrected chi connectivity index (χ2v) is 4.63. The maximum absolute atomic E-state index is 11.6. The van der Waals surface area contributed by atoms with Crippen molar-refractivity contribution >= 4 is 12.0 Å². The topological polar surface area (TPSA) is 90.9 Å². The SMILES string of the molecule is CCN1CCCC1CNC(=O)NC(COC)C(=O)O. The van der Waals surface area contributed by atoms with Gasteiger partial charge in [-0.3, -0.25) is 4.90 Å². The summed E-state index contributed by atoms with van der Waals surface area (Å²) in [5.41, 5.74) is 0. The second-order valence-electron chi connectivity index (χ2n) is 4.63. The number of ether oxygens (including phenoxy) is 1. The first-order chi connectivity index (χ1) is 9.08. The smallest absolute Gasteiger partial charge is 0.328 e. The van der Waals surface area contributed by atoms with Crippen LogP contribution in [0.1, 0.15) is 19.8 Å². The summed E-state index contributed by atoms with van der Waals surface area (Å²) in [6, 6.07) is -1.13. The number of carbonyl (C=O) groups excluding carboxylic acids is 1. The van der Waals surface area contributed by atoms with Crippen molar-refractivity contribution in [3.8, 4) is 0 Å². The molecular formula is C12H23N3O4. The maximum Gasteiger partial charge on any atom is 0.328 e. The molecule has 1 saturated heterocycles. The number of carboxylic acids is 1. The second kappa shape index (κ2) is 7.96. The molecule has 3 N–H and O–H groups in total. The third-order valence-electron chi connectivity index (χ3n) is 3.34. The molecule has 110 valence electrons. The average molecular weight is 273 g/mol. The highest BCUT2D eigenvalue weighted by Gasteiger charge is 2.24. The van der Waals surface area contributed by atoms with Gasteiger partial charge in [0, 0.05) is 19.7 Å². The Morgan fingerprint density at radius 1 is 1.53 bits per heavy atom. The van der Waals surface area contributed by atoms with E-state index in [2.05, 4.69) is 22.5 Å². The summed E-state index contributed by atoms with van der Waals surface area (Å²) in [5, 5.41) is 14.0. The highest BCUT2D eigenvalue weighted by atomic mass is 16.5. The number of nitrogens with zero attached hydrogens (tertiary/aromatic N) is 1. The monoisotopic (exact) mass is 273 g/mol. The van der Waals surface area contributed by atoms with Gasteiger partial charge in [-0.25, -0.2) is 9.59 Å². The van der Waals surface area contributed by atoms with Crippen molar-refractivity contribution in [2.75, 3.05) is 33.4 Å². The van der Waals surface area contributed by atoms with E-state index in [1.807, 2.05) is 0 Å². The van der Waals surface area contributed by atoms with E-state index in [0.29, 0.717) is 12.6 Å². The molecule has 2 unspecified atom stereocenters. The molecule has 1 aliphatic heterocycles. The van der Waals surface area contributed by atoms with Gasteiger partial charge in [0.05, 0.1) is 6.61 Å². The molecule has 0 radical (unpaired) electrons. The first-order valence-corrected chi connectivity index (χ1v) is 6.58. The largest absolute Gasteiger partial charge is 0.480 e. The van der Waals surface area contributed by atoms with Crippen LogP contribution in [0.15, 0.2) is 0 Å². The summed E-state index contributed by atoms with van der Waals surface area (Å²) in [6.45, 7) is 4.62. The van der Waals surface area contributed by atoms with Crippen LogP contribution in [0.3, 0.4) is 0 Å². The van der Waals surface area contributed by atoms with Crippen molar-refractivity contribution in [3.63, 3.8) is 0 Å². The molecule has 19 heavy (non-hydrogen) atoms. The van der Waals surface area contributed by atoms with Crippen molar-refractivity contribution in [2.45, 2.75) is 31.8 Å². The number of likely N-dealkylation sites (tertiary alicyclic amines) is 1. The number of amides is 2. The van der Waals surface area contributed by atoms with Crippen molar-refractivity contribution in [1.29, 1.82) is 0 Å². The molecular weight excluding hydrogens is 250 g/mol. The third-order valence-corrected chi connectivity index (χ3v) is 3.34. The van der Waals surface area contributed by atoms with Crippen LogP contribution in [-0.2, 0) is 9.53 Å². The molecule has 1 aliphatic rings. The summed E-state index contributed by atoms with van der Waals surface area (Å²) in [7, 11) is 1.40. The van der Waals surface area contributed by atoms with Crippen LogP contribution in [0.2, 0.25) is 0 Å². The van der Waals surface area contributed by atoms with Crippen LogP contribution in [-0.4, -0.2) is 67.4 Å². The van der Waals surface area contributed by atoms with Gasteiger partial charge in [-0.2, -0.15) is 0 Å². The normalized spacial score (nSPS) is 21.1. The number of methoxy groups -OCH3 is 1. The third kappa shape index (κ3) is 5.04. The Morgan fingerprint density at radius 3 is 2.84 bits per heavy atom. The van der Waals surface area contributed by atoms with E-state index in [9.17, 15) is 9.59 Å². The van der Waals surface area contributed by atoms with E-state index >= 15 is 0 Å². The Hall–Kier alpha value is -1.34. The minimum atomic E-state index is -1.10. The van der Waals surface area contributed by atoms with Crippen molar-refractivity contribution in [2.24, 2.45) is 0 Å². The fourth-order valence-corrected chi connectivity index (χ4v) is 2.30. The number of likely N-dealkylation sites (N-methyl/N-ethyl adjacent to an activating group) is 1. The highest BCUT2D eigenvalue weighted by molar-refractivity contribution is 5.82. The molecule has 0 saturated carbocycles. The lowest BCUT2D eigenvalue weighted by Crippen LogP contribution is -2.50. The van der Waals surface area contributed by atoms with Gasteiger partial charge in [0.2, 0.25) is 0 Å². The maximum atomic E-state index is 11.6. The molecule has 7 nitrogen and oxygen atoms in total. The van der Waals surface area contributed by atoms with Gasteiger partial charge in [-0.05, 0) is 25.9 Å². The van der Waals surface area contributed by atoms with Crippen molar-refractivity contribution < 1.29 is 19.4 Å². The number of hydrogen-bond acceptors (Lipinski definition) is 4. The van der Waals surface area contributed by atoms with E-state index in [1.54, 1.807) is 0 Å². The van der Waals surface area contributed by atoms with Gasteiger partial charge >= 0.3 is 12.0 Å². The van der Waals surface area contributed by atoms with Crippen LogP contribution in [0.25, 0.3) is 0 Å². The molecule has 0 aliphatic carbocycles. The quantitative estimate of drug-likeness (QED) is 0.601. The predicted molar refractivity (Wildman–Crippen MR) is 70.1 cm³/mol. The Labute approximate surface area is 113 Å². The molecule has 0 spiro atoms. The summed E-state index contributed by atoms with van der Waals surface area (Å²) in [6.07, 6.45) is 2.21. The summed E-state index contributed by atoms with van der Waals surface area (Å²) in [4.78, 5) is 24.8. The van der Waals surface area contributed by atoms with E-state index in [0.717, 1.165) is 25.9 Å². The summed E-state index contributed by atoms with van der Waals surface area (Å²) >= 11 is 0. The van der Waals surface area contributed by atoms with Gasteiger partial charge in [-0.1, -0.05) is 6.92 Å². The van der Waals surface area contributed by atoms with Gasteiger partial charge in [0.15, 0.2) is 6.04 Å². The first kappa shape index (κ1) is 15.7. The van der Waals surface area contributed by atoms with Crippen LogP contribution >= 0.6 is 0 Å². The number of rotatable bonds is 7. The fourth-order valence-electron chi connectivity index (χ4n) is 2.30. The van der Waals surface area contributed by atoms with Crippen molar-refractivity contribution in [1.82, 2.24) is 15.5 Å². The van der Waals surface area contributed by atoms with Gasteiger partial charge in [-0.15, -0.1) is 0 Å². The van der Waals surface area contributed by atoms with Gasteiger partial charge in [0.1, 0.15) is 0 Å². The lowest BCUT2D eigenvalue weighted by atomic mass is 10.2. The standard InChI is InChI=1S/C12H23N3O4/c1-3-15-6-4-5-9(15)7-13-12(18)14-10(8-19-2)11(16)17/h9-10H,3-8H2,1-2H3,(H,16,17)(H2,13,14,18). The zero-order valence-electron chi connectivity index (χ0n) is 11.5. The van der Waals surface area contributed by atoms with Gasteiger partial charge < -0.3 is 20.5 Å². The molecule has 2 amide bonds. The molecule has 1 rings (SSSR count). The fraction of sp³-hybridized carbons (Fsp3) is 0.833. The predicted octanol–water partition coefficient (Wildman–Crippen LogP) is -0.130. The van der Waals surface area contributed by atoms with Gasteiger partial charge in [0.25, 0.3) is 0 Å². The number of carboxylic acid groups (broad SMARTS) is 1. The Morgan fingerprint density at radius 2 is 2.26 bits per heavy atom. The van der Waals surface area contributed by atoms with E-state index in [4.69, 9.17) is 9.84 Å². The van der Waals surface area contributed by atoms with Crippen LogP contribution in [0, 0.1) is 0 Å². The minimum absolute atomic E-state index is 0.0483. The van der Waals surface area contributed by atoms with E-state index in [1.165, 1.54) is 7.11 Å². The van der Waals surface area contributed by atoms with Crippen LogP contribution in [0.5, 0.6) is 0 Å². The first-order valence-electron chi connectivity index (χ1n) is 6.58. The number of hydrogen-bond donors (Lipinski definition) is 3. The number of aliphatic carboxylic acids is 1. The molecule has 0 bridgehead atoms. The van der Waals surface area contributed by atoms with Crippen LogP contribution < -0.4 is 10.6 Å². The minimum Gasteiger partial charge on any atom is -0.480 e. The Bertz CT molecular complexity index is 311. The molecule has 2 atom stereocenters. The summed E-state index contributed by atoms with van der Waals surface area (Å²) in [5.74, 6) is -1.10. The van der Waals surface area contributed by atoms with Crippen LogP contribution in [0.4, 0.5) is 4.79 Å². The summed E-state index contributed by atoms with van der Waals surface area (Å²) < 4.78 is 4.75. The molecule has 0 aromatic heterocycles. The van der Waals surface area contributed by atoms with Crippen molar-refractivity contribution in [3.05, 3.63) is 0 Å². The van der Waals surface area contributed by atoms with E-state index < -0.39 is 18.0 Å². The Kier molecular flexibility index (Phi) is 6.58. The molecule has 7 heteroatoms. The average Bonchev–Trinajstić information content (AvgIpc) is 2.83. The molecule has 1 heterocycles. The lowest BCUT2D eigenvalue weighted by Gasteiger charge is -2.23. The zero-order chi connectivity index (χ0) is 14.3. The molecule has 0 aromatic carbocycles.